The van der Waals surface area contributed by atoms with Crippen LogP contribution < -0.4 is 4.74 Å². The van der Waals surface area contributed by atoms with Gasteiger partial charge in [0.2, 0.25) is 0 Å². The molecule has 0 bridgehead atoms. The largest absolute Gasteiger partial charge is 0.496 e. The van der Waals surface area contributed by atoms with Crippen molar-refractivity contribution in [1.82, 2.24) is 14.9 Å². The maximum Gasteiger partial charge on any atom is 0.128 e. The highest BCUT2D eigenvalue weighted by Crippen LogP contribution is 2.37. The molecule has 1 aliphatic rings. The molecule has 4 rings (SSSR count). The Hall–Kier alpha value is -2.33. The molecule has 3 heterocycles. The van der Waals surface area contributed by atoms with E-state index < -0.39 is 0 Å². The highest BCUT2D eigenvalue weighted by atomic mass is 16.5. The van der Waals surface area contributed by atoms with Crippen molar-refractivity contribution in [3.8, 4) is 17.0 Å². The number of ether oxygens (including phenoxy) is 1. The van der Waals surface area contributed by atoms with Crippen LogP contribution >= 0.6 is 0 Å². The van der Waals surface area contributed by atoms with Crippen LogP contribution in [0.15, 0.2) is 42.7 Å². The van der Waals surface area contributed by atoms with E-state index in [0.29, 0.717) is 6.04 Å². The van der Waals surface area contributed by atoms with Crippen LogP contribution in [0.3, 0.4) is 0 Å². The number of nitrogens with one attached hydrogen (secondary N) is 1. The van der Waals surface area contributed by atoms with Crippen molar-refractivity contribution in [3.05, 3.63) is 48.3 Å². The number of pyridine rings is 1. The molecule has 4 heteroatoms. The van der Waals surface area contributed by atoms with Crippen LogP contribution in [0.25, 0.3) is 22.2 Å². The van der Waals surface area contributed by atoms with Gasteiger partial charge in [-0.2, -0.15) is 0 Å². The monoisotopic (exact) mass is 321 g/mol. The minimum Gasteiger partial charge on any atom is -0.496 e. The van der Waals surface area contributed by atoms with Gasteiger partial charge in [-0.05, 0) is 62.7 Å². The van der Waals surface area contributed by atoms with E-state index in [9.17, 15) is 0 Å². The van der Waals surface area contributed by atoms with Crippen molar-refractivity contribution in [3.63, 3.8) is 0 Å². The lowest BCUT2D eigenvalue weighted by Gasteiger charge is -2.20. The number of benzene rings is 1. The number of nitrogens with zero attached hydrogens (tertiary/aromatic N) is 2. The molecule has 3 aromatic rings. The first-order valence-corrected chi connectivity index (χ1v) is 8.56. The summed E-state index contributed by atoms with van der Waals surface area (Å²) in [5.74, 6) is 0.939. The van der Waals surface area contributed by atoms with Crippen molar-refractivity contribution >= 4 is 10.9 Å². The number of likely N-dealkylation sites (N-methyl/N-ethyl adjacent to an activating group) is 1. The van der Waals surface area contributed by atoms with Gasteiger partial charge in [0.15, 0.2) is 0 Å². The second kappa shape index (κ2) is 6.29. The van der Waals surface area contributed by atoms with Gasteiger partial charge in [0.05, 0.1) is 12.8 Å². The molecular weight excluding hydrogens is 298 g/mol. The second-order valence-electron chi connectivity index (χ2n) is 6.58. The average Bonchev–Trinajstić information content (AvgIpc) is 3.20. The Morgan fingerprint density at radius 1 is 1.29 bits per heavy atom. The molecule has 0 radical (unpaired) electrons. The first-order chi connectivity index (χ1) is 11.8. The molecule has 24 heavy (non-hydrogen) atoms. The fourth-order valence-corrected chi connectivity index (χ4v) is 3.89. The summed E-state index contributed by atoms with van der Waals surface area (Å²) in [4.78, 5) is 10.4. The smallest absolute Gasteiger partial charge is 0.128 e. The molecule has 124 valence electrons. The van der Waals surface area contributed by atoms with E-state index in [0.717, 1.165) is 23.3 Å². The van der Waals surface area contributed by atoms with Crippen LogP contribution in [0, 0.1) is 0 Å². The zero-order chi connectivity index (χ0) is 16.5. The first kappa shape index (κ1) is 15.2. The van der Waals surface area contributed by atoms with Crippen LogP contribution in [0.1, 0.15) is 18.4 Å². The molecule has 1 N–H and O–H groups in total. The fraction of sp³-hybridized carbons (Fsp3) is 0.350. The topological polar surface area (TPSA) is 41.1 Å². The van der Waals surface area contributed by atoms with Crippen molar-refractivity contribution in [2.24, 2.45) is 0 Å². The summed E-state index contributed by atoms with van der Waals surface area (Å²) < 4.78 is 5.66. The Bertz CT molecular complexity index is 841. The van der Waals surface area contributed by atoms with Crippen LogP contribution in [-0.2, 0) is 6.42 Å². The number of likely N-dealkylation sites (tertiary alicyclic amines) is 1. The van der Waals surface area contributed by atoms with Gasteiger partial charge in [-0.3, -0.25) is 4.98 Å². The molecule has 2 aromatic heterocycles. The molecule has 1 atom stereocenters. The molecule has 0 spiro atoms. The molecule has 1 aliphatic heterocycles. The SMILES string of the molecule is COc1cccc2[nH]c(-c3cccnc3)c(C[C@H]3CCCN3C)c12. The first-order valence-electron chi connectivity index (χ1n) is 8.56. The molecule has 1 aromatic carbocycles. The zero-order valence-electron chi connectivity index (χ0n) is 14.2. The standard InChI is InChI=1S/C20H23N3O/c1-23-11-5-7-15(23)12-16-19-17(8-3-9-18(19)24-2)22-20(16)14-6-4-10-21-13-14/h3-4,6,8-10,13,15,22H,5,7,11-12H2,1-2H3/t15-/m1/s1. The summed E-state index contributed by atoms with van der Waals surface area (Å²) in [6.07, 6.45) is 7.31. The number of hydrogen-bond donors (Lipinski definition) is 1. The lowest BCUT2D eigenvalue weighted by Crippen LogP contribution is -2.26. The van der Waals surface area contributed by atoms with Crippen LogP contribution in [0.2, 0.25) is 0 Å². The second-order valence-corrected chi connectivity index (χ2v) is 6.58. The van der Waals surface area contributed by atoms with Gasteiger partial charge in [-0.25, -0.2) is 0 Å². The summed E-state index contributed by atoms with van der Waals surface area (Å²) in [6, 6.07) is 10.9. The fourth-order valence-electron chi connectivity index (χ4n) is 3.89. The van der Waals surface area contributed by atoms with Crippen molar-refractivity contribution in [1.29, 1.82) is 0 Å². The summed E-state index contributed by atoms with van der Waals surface area (Å²) in [5.41, 5.74) is 4.77. The van der Waals surface area contributed by atoms with E-state index in [1.807, 2.05) is 30.6 Å². The Morgan fingerprint density at radius 2 is 2.21 bits per heavy atom. The number of aromatic nitrogens is 2. The summed E-state index contributed by atoms with van der Waals surface area (Å²) in [6.45, 7) is 1.19. The van der Waals surface area contributed by atoms with E-state index in [-0.39, 0.29) is 0 Å². The third kappa shape index (κ3) is 2.57. The number of methoxy groups -OCH3 is 1. The minimum absolute atomic E-state index is 0.587. The summed E-state index contributed by atoms with van der Waals surface area (Å²) >= 11 is 0. The third-order valence-electron chi connectivity index (χ3n) is 5.17. The number of fused-ring (bicyclic) bond motifs is 1. The highest BCUT2D eigenvalue weighted by Gasteiger charge is 2.25. The van der Waals surface area contributed by atoms with Crippen molar-refractivity contribution < 1.29 is 4.74 Å². The van der Waals surface area contributed by atoms with Gasteiger partial charge in [0.25, 0.3) is 0 Å². The predicted molar refractivity (Wildman–Crippen MR) is 97.4 cm³/mol. The molecule has 4 nitrogen and oxygen atoms in total. The molecular formula is C20H23N3O. The molecule has 1 fully saturated rings. The lowest BCUT2D eigenvalue weighted by molar-refractivity contribution is 0.310. The Morgan fingerprint density at radius 3 is 2.92 bits per heavy atom. The van der Waals surface area contributed by atoms with Gasteiger partial charge in [-0.15, -0.1) is 0 Å². The number of rotatable bonds is 4. The van der Waals surface area contributed by atoms with Gasteiger partial charge >= 0.3 is 0 Å². The van der Waals surface area contributed by atoms with Crippen LogP contribution in [-0.4, -0.2) is 41.6 Å². The number of H-pyrrole nitrogens is 1. The average molecular weight is 321 g/mol. The number of aromatic amines is 1. The third-order valence-corrected chi connectivity index (χ3v) is 5.17. The van der Waals surface area contributed by atoms with Crippen LogP contribution in [0.4, 0.5) is 0 Å². The normalized spacial score (nSPS) is 18.3. The maximum atomic E-state index is 5.66. The van der Waals surface area contributed by atoms with Gasteiger partial charge in [0.1, 0.15) is 5.75 Å². The van der Waals surface area contributed by atoms with E-state index in [1.54, 1.807) is 7.11 Å². The predicted octanol–water partition coefficient (Wildman–Crippen LogP) is 3.88. The Labute approximate surface area is 142 Å². The van der Waals surface area contributed by atoms with E-state index in [2.05, 4.69) is 34.0 Å². The Kier molecular flexibility index (Phi) is 3.98. The Balaban J connectivity index is 1.89. The zero-order valence-corrected chi connectivity index (χ0v) is 14.2. The summed E-state index contributed by atoms with van der Waals surface area (Å²) in [7, 11) is 3.98. The summed E-state index contributed by atoms with van der Waals surface area (Å²) in [5, 5.41) is 1.21. The van der Waals surface area contributed by atoms with Gasteiger partial charge in [0, 0.05) is 34.9 Å². The molecule has 0 amide bonds. The van der Waals surface area contributed by atoms with Gasteiger partial charge < -0.3 is 14.6 Å². The lowest BCUT2D eigenvalue weighted by atomic mass is 9.98. The van der Waals surface area contributed by atoms with Gasteiger partial charge in [-0.1, -0.05) is 6.07 Å². The molecule has 1 saturated heterocycles. The van der Waals surface area contributed by atoms with Crippen molar-refractivity contribution in [2.75, 3.05) is 20.7 Å². The molecule has 0 unspecified atom stereocenters. The number of hydrogen-bond acceptors (Lipinski definition) is 3. The highest BCUT2D eigenvalue weighted by molar-refractivity contribution is 5.95. The minimum atomic E-state index is 0.587. The van der Waals surface area contributed by atoms with E-state index in [4.69, 9.17) is 4.74 Å². The maximum absolute atomic E-state index is 5.66. The van der Waals surface area contributed by atoms with E-state index >= 15 is 0 Å². The quantitative estimate of drug-likeness (QED) is 0.793. The molecule has 0 aliphatic carbocycles. The molecule has 0 saturated carbocycles. The van der Waals surface area contributed by atoms with E-state index in [1.165, 1.54) is 36.0 Å². The van der Waals surface area contributed by atoms with Crippen molar-refractivity contribution in [2.45, 2.75) is 25.3 Å². The van der Waals surface area contributed by atoms with Crippen LogP contribution in [0.5, 0.6) is 5.75 Å².